The van der Waals surface area contributed by atoms with Crippen molar-refractivity contribution in [2.75, 3.05) is 13.2 Å². The van der Waals surface area contributed by atoms with Crippen molar-refractivity contribution >= 4 is 12.0 Å². The molecule has 1 aromatic carbocycles. The summed E-state index contributed by atoms with van der Waals surface area (Å²) in [5, 5.41) is 17.6. The molecule has 2 N–H and O–H groups in total. The smallest absolute Gasteiger partial charge is 0.333 e. The van der Waals surface area contributed by atoms with Crippen LogP contribution in [0.4, 0.5) is 0 Å². The summed E-state index contributed by atoms with van der Waals surface area (Å²) in [5.74, 6) is -0.499. The van der Waals surface area contributed by atoms with E-state index in [4.69, 9.17) is 14.9 Å². The van der Waals surface area contributed by atoms with Crippen molar-refractivity contribution in [1.82, 2.24) is 0 Å². The lowest BCUT2D eigenvalue weighted by atomic mass is 10.1. The van der Waals surface area contributed by atoms with Gasteiger partial charge in [0.15, 0.2) is 0 Å². The number of aliphatic hydroxyl groups excluding tert-OH is 2. The summed E-state index contributed by atoms with van der Waals surface area (Å²) in [5.41, 5.74) is 1.35. The lowest BCUT2D eigenvalue weighted by Gasteiger charge is -2.08. The average molecular weight is 236 g/mol. The molecule has 0 saturated carbocycles. The van der Waals surface area contributed by atoms with E-state index in [-0.39, 0.29) is 6.61 Å². The highest BCUT2D eigenvalue weighted by molar-refractivity contribution is 5.92. The van der Waals surface area contributed by atoms with Crippen molar-refractivity contribution < 1.29 is 19.7 Å². The molecule has 4 nitrogen and oxygen atoms in total. The van der Waals surface area contributed by atoms with Crippen LogP contribution in [0.3, 0.4) is 0 Å². The van der Waals surface area contributed by atoms with Crippen LogP contribution >= 0.6 is 0 Å². The Kier molecular flexibility index (Phi) is 5.39. The third-order valence-electron chi connectivity index (χ3n) is 2.12. The van der Waals surface area contributed by atoms with Crippen molar-refractivity contribution in [3.8, 4) is 0 Å². The maximum absolute atomic E-state index is 11.5. The molecule has 0 aliphatic heterocycles. The number of carbonyl (C=O) groups is 1. The predicted molar refractivity (Wildman–Crippen MR) is 64.1 cm³/mol. The van der Waals surface area contributed by atoms with E-state index in [0.29, 0.717) is 5.57 Å². The molecule has 1 atom stereocenters. The van der Waals surface area contributed by atoms with Crippen LogP contribution in [0.1, 0.15) is 12.5 Å². The summed E-state index contributed by atoms with van der Waals surface area (Å²) in [7, 11) is 0. The minimum absolute atomic E-state index is 0.199. The van der Waals surface area contributed by atoms with Crippen LogP contribution in [-0.4, -0.2) is 35.5 Å². The topological polar surface area (TPSA) is 66.8 Å². The number of hydrogen-bond acceptors (Lipinski definition) is 4. The van der Waals surface area contributed by atoms with E-state index in [0.717, 1.165) is 5.56 Å². The molecule has 4 heteroatoms. The second-order valence-electron chi connectivity index (χ2n) is 3.67. The molecule has 0 radical (unpaired) electrons. The first-order valence-corrected chi connectivity index (χ1v) is 5.33. The Balaban J connectivity index is 2.55. The molecular weight excluding hydrogens is 220 g/mol. The van der Waals surface area contributed by atoms with Crippen molar-refractivity contribution in [1.29, 1.82) is 0 Å². The Morgan fingerprint density at radius 3 is 2.65 bits per heavy atom. The minimum atomic E-state index is -1.02. The third kappa shape index (κ3) is 4.80. The van der Waals surface area contributed by atoms with E-state index in [2.05, 4.69) is 0 Å². The first-order chi connectivity index (χ1) is 8.13. The molecule has 0 amide bonds. The van der Waals surface area contributed by atoms with E-state index in [1.807, 2.05) is 30.3 Å². The van der Waals surface area contributed by atoms with Gasteiger partial charge in [-0.2, -0.15) is 0 Å². The van der Waals surface area contributed by atoms with Gasteiger partial charge >= 0.3 is 5.97 Å². The van der Waals surface area contributed by atoms with Gasteiger partial charge in [0.1, 0.15) is 12.7 Å². The molecule has 1 unspecified atom stereocenters. The Bertz CT molecular complexity index is 384. The highest BCUT2D eigenvalue weighted by Crippen LogP contribution is 2.07. The number of ether oxygens (including phenoxy) is 1. The lowest BCUT2D eigenvalue weighted by molar-refractivity contribution is -0.142. The van der Waals surface area contributed by atoms with E-state index in [1.54, 1.807) is 13.0 Å². The Morgan fingerprint density at radius 1 is 1.41 bits per heavy atom. The van der Waals surface area contributed by atoms with Crippen LogP contribution in [0, 0.1) is 0 Å². The average Bonchev–Trinajstić information content (AvgIpc) is 2.36. The second-order valence-corrected chi connectivity index (χ2v) is 3.67. The Morgan fingerprint density at radius 2 is 2.06 bits per heavy atom. The van der Waals surface area contributed by atoms with Gasteiger partial charge in [0.2, 0.25) is 0 Å². The van der Waals surface area contributed by atoms with Gasteiger partial charge in [-0.3, -0.25) is 0 Å². The first kappa shape index (κ1) is 13.4. The van der Waals surface area contributed by atoms with Gasteiger partial charge in [-0.15, -0.1) is 0 Å². The highest BCUT2D eigenvalue weighted by Gasteiger charge is 2.09. The maximum atomic E-state index is 11.5. The number of hydrogen-bond donors (Lipinski definition) is 2. The molecule has 0 fully saturated rings. The summed E-state index contributed by atoms with van der Waals surface area (Å²) >= 11 is 0. The number of esters is 1. The van der Waals surface area contributed by atoms with Gasteiger partial charge in [-0.1, -0.05) is 30.3 Å². The standard InChI is InChI=1S/C13H16O4/c1-10(7-11-5-3-2-4-6-11)13(16)17-9-12(15)8-14/h2-7,12,14-15H,8-9H2,1H3. The molecule has 92 valence electrons. The molecule has 0 heterocycles. The van der Waals surface area contributed by atoms with Gasteiger partial charge in [0.05, 0.1) is 6.61 Å². The number of carbonyl (C=O) groups excluding carboxylic acids is 1. The quantitative estimate of drug-likeness (QED) is 0.591. The van der Waals surface area contributed by atoms with Gasteiger partial charge < -0.3 is 14.9 Å². The molecule has 1 rings (SSSR count). The van der Waals surface area contributed by atoms with Crippen molar-refractivity contribution in [2.45, 2.75) is 13.0 Å². The number of aliphatic hydroxyl groups is 2. The summed E-state index contributed by atoms with van der Waals surface area (Å²) in [6.07, 6.45) is 0.677. The SMILES string of the molecule is CC(=Cc1ccccc1)C(=O)OCC(O)CO. The van der Waals surface area contributed by atoms with Gasteiger partial charge in [-0.05, 0) is 18.6 Å². The zero-order valence-electron chi connectivity index (χ0n) is 9.67. The predicted octanol–water partition coefficient (Wildman–Crippen LogP) is 0.986. The van der Waals surface area contributed by atoms with Gasteiger partial charge in [0, 0.05) is 5.57 Å². The molecule has 0 aliphatic carbocycles. The second kappa shape index (κ2) is 6.83. The van der Waals surface area contributed by atoms with Crippen molar-refractivity contribution in [3.63, 3.8) is 0 Å². The van der Waals surface area contributed by atoms with Crippen LogP contribution in [0.25, 0.3) is 6.08 Å². The Labute approximate surface area is 100 Å². The normalized spacial score (nSPS) is 13.2. The molecule has 0 saturated heterocycles. The van der Waals surface area contributed by atoms with Gasteiger partial charge in [0.25, 0.3) is 0 Å². The van der Waals surface area contributed by atoms with Crippen LogP contribution < -0.4 is 0 Å². The van der Waals surface area contributed by atoms with Crippen LogP contribution in [0.15, 0.2) is 35.9 Å². The molecular formula is C13H16O4. The lowest BCUT2D eigenvalue weighted by Crippen LogP contribution is -2.22. The highest BCUT2D eigenvalue weighted by atomic mass is 16.5. The molecule has 17 heavy (non-hydrogen) atoms. The molecule has 0 bridgehead atoms. The number of rotatable bonds is 5. The fourth-order valence-electron chi connectivity index (χ4n) is 1.20. The molecule has 0 aliphatic rings. The minimum Gasteiger partial charge on any atom is -0.459 e. The van der Waals surface area contributed by atoms with Crippen molar-refractivity contribution in [2.24, 2.45) is 0 Å². The van der Waals surface area contributed by atoms with Crippen molar-refractivity contribution in [3.05, 3.63) is 41.5 Å². The van der Waals surface area contributed by atoms with E-state index < -0.39 is 18.7 Å². The summed E-state index contributed by atoms with van der Waals surface area (Å²) in [6.45, 7) is 1.02. The zero-order valence-corrected chi connectivity index (χ0v) is 9.67. The fraction of sp³-hybridized carbons (Fsp3) is 0.308. The number of benzene rings is 1. The van der Waals surface area contributed by atoms with Crippen LogP contribution in [0.5, 0.6) is 0 Å². The fourth-order valence-corrected chi connectivity index (χ4v) is 1.20. The zero-order chi connectivity index (χ0) is 12.7. The first-order valence-electron chi connectivity index (χ1n) is 5.33. The molecule has 1 aromatic rings. The van der Waals surface area contributed by atoms with Gasteiger partial charge in [-0.25, -0.2) is 4.79 Å². The van der Waals surface area contributed by atoms with Crippen LogP contribution in [-0.2, 0) is 9.53 Å². The van der Waals surface area contributed by atoms with E-state index >= 15 is 0 Å². The summed E-state index contributed by atoms with van der Waals surface area (Å²) in [6, 6.07) is 9.39. The van der Waals surface area contributed by atoms with Crippen LogP contribution in [0.2, 0.25) is 0 Å². The Hall–Kier alpha value is -1.65. The molecule has 0 aromatic heterocycles. The third-order valence-corrected chi connectivity index (χ3v) is 2.12. The van der Waals surface area contributed by atoms with E-state index in [9.17, 15) is 4.79 Å². The van der Waals surface area contributed by atoms with E-state index in [1.165, 1.54) is 0 Å². The largest absolute Gasteiger partial charge is 0.459 e. The molecule has 0 spiro atoms. The monoisotopic (exact) mass is 236 g/mol. The maximum Gasteiger partial charge on any atom is 0.333 e. The summed E-state index contributed by atoms with van der Waals surface area (Å²) in [4.78, 5) is 11.5. The summed E-state index contributed by atoms with van der Waals surface area (Å²) < 4.78 is 4.81.